The van der Waals surface area contributed by atoms with Gasteiger partial charge in [-0.15, -0.1) is 0 Å². The van der Waals surface area contributed by atoms with Crippen LogP contribution in [0.1, 0.15) is 59.3 Å². The number of hydrogen-bond donors (Lipinski definition) is 1. The van der Waals surface area contributed by atoms with Gasteiger partial charge in [0.2, 0.25) is 0 Å². The van der Waals surface area contributed by atoms with E-state index in [0.29, 0.717) is 6.10 Å². The van der Waals surface area contributed by atoms with Crippen LogP contribution < -0.4 is 5.73 Å². The summed E-state index contributed by atoms with van der Waals surface area (Å²) in [6, 6.07) is 0. The van der Waals surface area contributed by atoms with Crippen LogP contribution in [0.5, 0.6) is 0 Å². The molecule has 1 rings (SSSR count). The molecule has 3 atom stereocenters. The average molecular weight is 241 g/mol. The Kier molecular flexibility index (Phi) is 7.14. The Morgan fingerprint density at radius 2 is 1.94 bits per heavy atom. The lowest BCUT2D eigenvalue weighted by molar-refractivity contribution is -0.0393. The normalized spacial score (nSPS) is 29.8. The van der Waals surface area contributed by atoms with Gasteiger partial charge in [-0.2, -0.15) is 0 Å². The predicted molar refractivity (Wildman–Crippen MR) is 74.0 cm³/mol. The van der Waals surface area contributed by atoms with Crippen LogP contribution in [-0.4, -0.2) is 19.3 Å². The third-order valence-corrected chi connectivity index (χ3v) is 4.14. The Labute approximate surface area is 107 Å². The molecule has 0 radical (unpaired) electrons. The number of unbranched alkanes of at least 4 members (excludes halogenated alkanes) is 2. The molecular formula is C15H31NO. The van der Waals surface area contributed by atoms with Crippen LogP contribution in [0, 0.1) is 17.8 Å². The molecular weight excluding hydrogens is 210 g/mol. The molecule has 3 unspecified atom stereocenters. The van der Waals surface area contributed by atoms with Gasteiger partial charge in [-0.25, -0.2) is 0 Å². The highest BCUT2D eigenvalue weighted by Gasteiger charge is 2.30. The smallest absolute Gasteiger partial charge is 0.0608 e. The summed E-state index contributed by atoms with van der Waals surface area (Å²) in [5.74, 6) is 2.39. The second kappa shape index (κ2) is 8.10. The van der Waals surface area contributed by atoms with Crippen LogP contribution in [-0.2, 0) is 4.74 Å². The molecule has 1 fully saturated rings. The number of nitrogens with two attached hydrogens (primary N) is 1. The maximum absolute atomic E-state index is 6.13. The molecule has 2 heteroatoms. The highest BCUT2D eigenvalue weighted by Crippen LogP contribution is 2.35. The molecule has 0 aromatic carbocycles. The van der Waals surface area contributed by atoms with E-state index in [1.165, 1.54) is 32.1 Å². The van der Waals surface area contributed by atoms with Crippen LogP contribution in [0.2, 0.25) is 0 Å². The molecule has 0 amide bonds. The first-order valence-corrected chi connectivity index (χ1v) is 7.46. The van der Waals surface area contributed by atoms with E-state index in [1.807, 2.05) is 0 Å². The van der Waals surface area contributed by atoms with Gasteiger partial charge in [-0.3, -0.25) is 0 Å². The van der Waals surface area contributed by atoms with Gasteiger partial charge in [0.25, 0.3) is 0 Å². The van der Waals surface area contributed by atoms with Crippen molar-refractivity contribution < 1.29 is 4.74 Å². The summed E-state index contributed by atoms with van der Waals surface area (Å²) in [5, 5.41) is 0. The first-order chi connectivity index (χ1) is 8.15. The van der Waals surface area contributed by atoms with Crippen LogP contribution >= 0.6 is 0 Å². The highest BCUT2D eigenvalue weighted by atomic mass is 16.5. The summed E-state index contributed by atoms with van der Waals surface area (Å²) in [6.07, 6.45) is 8.04. The Morgan fingerprint density at radius 1 is 1.18 bits per heavy atom. The lowest BCUT2D eigenvalue weighted by Crippen LogP contribution is -2.34. The van der Waals surface area contributed by atoms with E-state index in [9.17, 15) is 0 Å². The fraction of sp³-hybridized carbons (Fsp3) is 1.00. The first kappa shape index (κ1) is 15.0. The topological polar surface area (TPSA) is 35.2 Å². The first-order valence-electron chi connectivity index (χ1n) is 7.46. The van der Waals surface area contributed by atoms with Crippen molar-refractivity contribution >= 4 is 0 Å². The Balaban J connectivity index is 2.26. The summed E-state index contributed by atoms with van der Waals surface area (Å²) < 4.78 is 6.13. The van der Waals surface area contributed by atoms with Crippen molar-refractivity contribution in [3.8, 4) is 0 Å². The minimum Gasteiger partial charge on any atom is -0.378 e. The number of hydrogen-bond acceptors (Lipinski definition) is 2. The molecule has 2 nitrogen and oxygen atoms in total. The number of ether oxygens (including phenoxy) is 1. The zero-order valence-electron chi connectivity index (χ0n) is 12.0. The van der Waals surface area contributed by atoms with Crippen LogP contribution in [0.25, 0.3) is 0 Å². The van der Waals surface area contributed by atoms with E-state index in [-0.39, 0.29) is 0 Å². The summed E-state index contributed by atoms with van der Waals surface area (Å²) in [7, 11) is 0. The molecule has 0 aromatic rings. The van der Waals surface area contributed by atoms with E-state index >= 15 is 0 Å². The minimum absolute atomic E-state index is 0.511. The molecule has 0 heterocycles. The fourth-order valence-electron chi connectivity index (χ4n) is 2.96. The highest BCUT2D eigenvalue weighted by molar-refractivity contribution is 4.81. The van der Waals surface area contributed by atoms with Gasteiger partial charge in [0, 0.05) is 6.61 Å². The van der Waals surface area contributed by atoms with Crippen LogP contribution in [0.3, 0.4) is 0 Å². The Hall–Kier alpha value is -0.0800. The van der Waals surface area contributed by atoms with Crippen molar-refractivity contribution in [2.45, 2.75) is 65.4 Å². The summed E-state index contributed by atoms with van der Waals surface area (Å²) >= 11 is 0. The van der Waals surface area contributed by atoms with Gasteiger partial charge in [0.1, 0.15) is 0 Å². The zero-order chi connectivity index (χ0) is 12.7. The molecule has 0 aliphatic heterocycles. The van der Waals surface area contributed by atoms with E-state index in [0.717, 1.165) is 37.3 Å². The second-order valence-corrected chi connectivity index (χ2v) is 6.08. The number of rotatable bonds is 7. The van der Waals surface area contributed by atoms with Crippen molar-refractivity contribution in [2.24, 2.45) is 23.5 Å². The Bertz CT molecular complexity index is 193. The Morgan fingerprint density at radius 3 is 2.59 bits per heavy atom. The van der Waals surface area contributed by atoms with Crippen molar-refractivity contribution in [1.29, 1.82) is 0 Å². The maximum Gasteiger partial charge on any atom is 0.0608 e. The van der Waals surface area contributed by atoms with Gasteiger partial charge >= 0.3 is 0 Å². The third kappa shape index (κ3) is 5.39. The van der Waals surface area contributed by atoms with Gasteiger partial charge in [-0.1, -0.05) is 27.2 Å². The molecule has 1 aliphatic rings. The molecule has 2 N–H and O–H groups in total. The van der Waals surface area contributed by atoms with Gasteiger partial charge < -0.3 is 10.5 Å². The van der Waals surface area contributed by atoms with Crippen LogP contribution in [0.15, 0.2) is 0 Å². The lowest BCUT2D eigenvalue weighted by Gasteiger charge is -2.37. The van der Waals surface area contributed by atoms with E-state index in [4.69, 9.17) is 10.5 Å². The van der Waals surface area contributed by atoms with Crippen molar-refractivity contribution in [3.05, 3.63) is 0 Å². The minimum atomic E-state index is 0.511. The van der Waals surface area contributed by atoms with Gasteiger partial charge in [0.05, 0.1) is 6.10 Å². The molecule has 17 heavy (non-hydrogen) atoms. The molecule has 1 aliphatic carbocycles. The summed E-state index contributed by atoms with van der Waals surface area (Å²) in [5.41, 5.74) is 5.49. The fourth-order valence-corrected chi connectivity index (χ4v) is 2.96. The van der Waals surface area contributed by atoms with E-state index < -0.39 is 0 Å². The molecule has 0 bridgehead atoms. The lowest BCUT2D eigenvalue weighted by atomic mass is 9.75. The standard InChI is InChI=1S/C15H31NO/c1-12(2)14-8-7-13(3)11-15(14)17-10-6-4-5-9-16/h12-15H,4-11,16H2,1-3H3. The van der Waals surface area contributed by atoms with Crippen molar-refractivity contribution in [2.75, 3.05) is 13.2 Å². The van der Waals surface area contributed by atoms with Crippen molar-refractivity contribution in [3.63, 3.8) is 0 Å². The second-order valence-electron chi connectivity index (χ2n) is 6.08. The molecule has 0 aromatic heterocycles. The van der Waals surface area contributed by atoms with Gasteiger partial charge in [-0.05, 0) is 56.4 Å². The van der Waals surface area contributed by atoms with Crippen LogP contribution in [0.4, 0.5) is 0 Å². The monoisotopic (exact) mass is 241 g/mol. The van der Waals surface area contributed by atoms with E-state index in [2.05, 4.69) is 20.8 Å². The largest absolute Gasteiger partial charge is 0.378 e. The quantitative estimate of drug-likeness (QED) is 0.691. The summed E-state index contributed by atoms with van der Waals surface area (Å²) in [6.45, 7) is 8.79. The predicted octanol–water partition coefficient (Wildman–Crippen LogP) is 3.59. The zero-order valence-corrected chi connectivity index (χ0v) is 12.0. The van der Waals surface area contributed by atoms with Gasteiger partial charge in [0.15, 0.2) is 0 Å². The maximum atomic E-state index is 6.13. The molecule has 0 spiro atoms. The van der Waals surface area contributed by atoms with E-state index in [1.54, 1.807) is 0 Å². The molecule has 0 saturated heterocycles. The van der Waals surface area contributed by atoms with Crippen molar-refractivity contribution in [1.82, 2.24) is 0 Å². The summed E-state index contributed by atoms with van der Waals surface area (Å²) in [4.78, 5) is 0. The third-order valence-electron chi connectivity index (χ3n) is 4.14. The average Bonchev–Trinajstić information content (AvgIpc) is 2.28. The SMILES string of the molecule is CC1CCC(C(C)C)C(OCCCCCN)C1. The molecule has 1 saturated carbocycles. The molecule has 102 valence electrons.